The molecular weight excluding hydrogens is 382 g/mol. The quantitative estimate of drug-likeness (QED) is 0.437. The normalized spacial score (nSPS) is 15.8. The number of rotatable bonds is 9. The van der Waals surface area contributed by atoms with Gasteiger partial charge in [0.15, 0.2) is 5.96 Å². The second kappa shape index (κ2) is 11.6. The predicted molar refractivity (Wildman–Crippen MR) is 120 cm³/mol. The lowest BCUT2D eigenvalue weighted by Gasteiger charge is -2.27. The number of nitrogens with zero attached hydrogens (tertiary/aromatic N) is 2. The van der Waals surface area contributed by atoms with E-state index in [1.54, 1.807) is 11.3 Å². The van der Waals surface area contributed by atoms with Gasteiger partial charge in [0.2, 0.25) is 5.91 Å². The van der Waals surface area contributed by atoms with Crippen molar-refractivity contribution in [2.24, 2.45) is 4.99 Å². The molecule has 2 aromatic rings. The number of hydrogen-bond donors (Lipinski definition) is 3. The maximum absolute atomic E-state index is 12.2. The Kier molecular flexibility index (Phi) is 8.52. The number of aliphatic imine (C=N–C) groups is 1. The molecule has 2 heterocycles. The Morgan fingerprint density at radius 1 is 1.10 bits per heavy atom. The number of benzene rings is 1. The first-order valence-electron chi connectivity index (χ1n) is 10.4. The first-order valence-corrected chi connectivity index (χ1v) is 11.2. The largest absolute Gasteiger partial charge is 0.357 e. The highest BCUT2D eigenvalue weighted by molar-refractivity contribution is 7.10. The van der Waals surface area contributed by atoms with Crippen LogP contribution in [-0.2, 0) is 11.3 Å². The Labute approximate surface area is 177 Å². The number of carbonyl (C=O) groups excluding carboxylic acids is 1. The van der Waals surface area contributed by atoms with Crippen LogP contribution in [0.25, 0.3) is 0 Å². The zero-order valence-corrected chi connectivity index (χ0v) is 17.9. The highest BCUT2D eigenvalue weighted by Gasteiger charge is 2.24. The van der Waals surface area contributed by atoms with E-state index in [1.165, 1.54) is 17.7 Å². The summed E-state index contributed by atoms with van der Waals surface area (Å²) in [5.74, 6) is 0.600. The SMILES string of the molecule is CCNC(=NCC(=O)NCc1ccccc1)NCC(c1cccs1)N1CCCC1. The predicted octanol–water partition coefficient (Wildman–Crippen LogP) is 2.76. The number of amides is 1. The average Bonchev–Trinajstić information content (AvgIpc) is 3.46. The fraction of sp³-hybridized carbons (Fsp3) is 0.455. The summed E-state index contributed by atoms with van der Waals surface area (Å²) < 4.78 is 0. The van der Waals surface area contributed by atoms with E-state index >= 15 is 0 Å². The minimum atomic E-state index is -0.0830. The second-order valence-electron chi connectivity index (χ2n) is 7.11. The van der Waals surface area contributed by atoms with Crippen LogP contribution in [0.15, 0.2) is 52.8 Å². The van der Waals surface area contributed by atoms with Crippen LogP contribution in [0.3, 0.4) is 0 Å². The third kappa shape index (κ3) is 6.87. The summed E-state index contributed by atoms with van der Waals surface area (Å²) in [5.41, 5.74) is 1.08. The minimum absolute atomic E-state index is 0.0830. The third-order valence-electron chi connectivity index (χ3n) is 4.97. The standard InChI is InChI=1S/C22H31N5OS/c1-2-23-22(26-17-21(28)24-15-18-9-4-3-5-10-18)25-16-19(20-11-8-14-29-20)27-12-6-7-13-27/h3-5,8-11,14,19H,2,6-7,12-13,15-17H2,1H3,(H,24,28)(H2,23,25,26). The summed E-state index contributed by atoms with van der Waals surface area (Å²) in [6.07, 6.45) is 2.52. The van der Waals surface area contributed by atoms with Crippen LogP contribution in [0.2, 0.25) is 0 Å². The van der Waals surface area contributed by atoms with Crippen LogP contribution >= 0.6 is 11.3 Å². The zero-order valence-electron chi connectivity index (χ0n) is 17.1. The molecule has 29 heavy (non-hydrogen) atoms. The number of thiophene rings is 1. The van der Waals surface area contributed by atoms with Crippen molar-refractivity contribution in [3.63, 3.8) is 0 Å². The molecule has 1 aromatic heterocycles. The lowest BCUT2D eigenvalue weighted by atomic mass is 10.2. The van der Waals surface area contributed by atoms with E-state index in [-0.39, 0.29) is 12.5 Å². The molecule has 1 fully saturated rings. The Morgan fingerprint density at radius 2 is 1.90 bits per heavy atom. The summed E-state index contributed by atoms with van der Waals surface area (Å²) in [7, 11) is 0. The summed E-state index contributed by atoms with van der Waals surface area (Å²) >= 11 is 1.80. The highest BCUT2D eigenvalue weighted by Crippen LogP contribution is 2.27. The molecule has 1 aromatic carbocycles. The maximum atomic E-state index is 12.2. The fourth-order valence-electron chi connectivity index (χ4n) is 3.48. The van der Waals surface area contributed by atoms with Gasteiger partial charge in [0.25, 0.3) is 0 Å². The molecule has 7 heteroatoms. The summed E-state index contributed by atoms with van der Waals surface area (Å²) in [4.78, 5) is 20.6. The minimum Gasteiger partial charge on any atom is -0.357 e. The van der Waals surface area contributed by atoms with Crippen molar-refractivity contribution >= 4 is 23.2 Å². The van der Waals surface area contributed by atoms with E-state index < -0.39 is 0 Å². The number of carbonyl (C=O) groups is 1. The van der Waals surface area contributed by atoms with Gasteiger partial charge >= 0.3 is 0 Å². The van der Waals surface area contributed by atoms with Gasteiger partial charge in [-0.25, -0.2) is 4.99 Å². The van der Waals surface area contributed by atoms with Crippen LogP contribution in [0, 0.1) is 0 Å². The second-order valence-corrected chi connectivity index (χ2v) is 8.09. The van der Waals surface area contributed by atoms with Gasteiger partial charge in [-0.3, -0.25) is 9.69 Å². The number of hydrogen-bond acceptors (Lipinski definition) is 4. The molecule has 6 nitrogen and oxygen atoms in total. The Balaban J connectivity index is 1.53. The van der Waals surface area contributed by atoms with E-state index in [0.29, 0.717) is 18.5 Å². The average molecular weight is 414 g/mol. The molecule has 3 N–H and O–H groups in total. The van der Waals surface area contributed by atoms with Gasteiger partial charge in [0.1, 0.15) is 6.54 Å². The summed E-state index contributed by atoms with van der Waals surface area (Å²) in [5, 5.41) is 11.7. The first-order chi connectivity index (χ1) is 14.3. The molecule has 0 radical (unpaired) electrons. The van der Waals surface area contributed by atoms with E-state index in [2.05, 4.69) is 43.4 Å². The number of nitrogens with one attached hydrogen (secondary N) is 3. The van der Waals surface area contributed by atoms with Crippen LogP contribution in [0.4, 0.5) is 0 Å². The van der Waals surface area contributed by atoms with Crippen molar-refractivity contribution in [3.8, 4) is 0 Å². The van der Waals surface area contributed by atoms with Crippen LogP contribution in [0.5, 0.6) is 0 Å². The molecule has 0 aliphatic carbocycles. The smallest absolute Gasteiger partial charge is 0.242 e. The lowest BCUT2D eigenvalue weighted by molar-refractivity contribution is -0.119. The van der Waals surface area contributed by atoms with Gasteiger partial charge in [-0.2, -0.15) is 0 Å². The van der Waals surface area contributed by atoms with Gasteiger partial charge in [-0.1, -0.05) is 36.4 Å². The van der Waals surface area contributed by atoms with Crippen LogP contribution in [-0.4, -0.2) is 49.5 Å². The molecule has 0 bridgehead atoms. The fourth-order valence-corrected chi connectivity index (χ4v) is 4.34. The molecular formula is C22H31N5OS. The molecule has 156 valence electrons. The van der Waals surface area contributed by atoms with E-state index in [9.17, 15) is 4.79 Å². The molecule has 1 unspecified atom stereocenters. The summed E-state index contributed by atoms with van der Waals surface area (Å²) in [6.45, 7) is 6.47. The Bertz CT molecular complexity index is 757. The molecule has 1 aliphatic heterocycles. The van der Waals surface area contributed by atoms with Gasteiger partial charge in [-0.05, 0) is 49.9 Å². The van der Waals surface area contributed by atoms with Crippen molar-refractivity contribution in [3.05, 3.63) is 58.3 Å². The molecule has 0 spiro atoms. The number of guanidine groups is 1. The topological polar surface area (TPSA) is 68.8 Å². The van der Waals surface area contributed by atoms with Crippen molar-refractivity contribution in [1.29, 1.82) is 0 Å². The maximum Gasteiger partial charge on any atom is 0.242 e. The molecule has 1 amide bonds. The monoisotopic (exact) mass is 413 g/mol. The highest BCUT2D eigenvalue weighted by atomic mass is 32.1. The van der Waals surface area contributed by atoms with Gasteiger partial charge in [0, 0.05) is 24.5 Å². The molecule has 1 atom stereocenters. The van der Waals surface area contributed by atoms with Gasteiger partial charge in [0.05, 0.1) is 6.04 Å². The van der Waals surface area contributed by atoms with Crippen molar-refractivity contribution in [2.75, 3.05) is 32.7 Å². The van der Waals surface area contributed by atoms with Gasteiger partial charge < -0.3 is 16.0 Å². The Hall–Kier alpha value is -2.38. The van der Waals surface area contributed by atoms with E-state index in [1.807, 2.05) is 37.3 Å². The van der Waals surface area contributed by atoms with Crippen molar-refractivity contribution in [2.45, 2.75) is 32.4 Å². The van der Waals surface area contributed by atoms with E-state index in [4.69, 9.17) is 0 Å². The van der Waals surface area contributed by atoms with Crippen molar-refractivity contribution < 1.29 is 4.79 Å². The third-order valence-corrected chi connectivity index (χ3v) is 5.95. The number of likely N-dealkylation sites (tertiary alicyclic amines) is 1. The molecule has 0 saturated carbocycles. The Morgan fingerprint density at radius 3 is 2.59 bits per heavy atom. The zero-order chi connectivity index (χ0) is 20.3. The van der Waals surface area contributed by atoms with Crippen LogP contribution < -0.4 is 16.0 Å². The lowest BCUT2D eigenvalue weighted by Crippen LogP contribution is -2.43. The molecule has 3 rings (SSSR count). The van der Waals surface area contributed by atoms with E-state index in [0.717, 1.165) is 31.7 Å². The summed E-state index contributed by atoms with van der Waals surface area (Å²) in [6, 6.07) is 14.6. The first kappa shape index (κ1) is 21.3. The molecule has 1 saturated heterocycles. The van der Waals surface area contributed by atoms with Gasteiger partial charge in [-0.15, -0.1) is 11.3 Å². The van der Waals surface area contributed by atoms with Crippen molar-refractivity contribution in [1.82, 2.24) is 20.9 Å². The van der Waals surface area contributed by atoms with Crippen LogP contribution in [0.1, 0.15) is 36.2 Å². The molecule has 1 aliphatic rings.